The fraction of sp³-hybridized carbons (Fsp3) is 0.400. The number of rotatable bonds is 5. The molecule has 0 unspecified atom stereocenters. The number of aliphatic carboxylic acids is 1. The number of anilines is 1. The molecule has 0 aromatic carbocycles. The average molecular weight is 247 g/mol. The summed E-state index contributed by atoms with van der Waals surface area (Å²) in [4.78, 5) is 14.5. The molecule has 0 atom stereocenters. The van der Waals surface area contributed by atoms with Gasteiger partial charge in [-0.25, -0.2) is 4.98 Å². The number of methoxy groups -OCH3 is 1. The first-order valence-corrected chi connectivity index (χ1v) is 4.64. The smallest absolute Gasteiger partial charge is 0.303 e. The first-order chi connectivity index (χ1) is 7.13. The predicted molar refractivity (Wildman–Crippen MR) is 63.0 cm³/mol. The van der Waals surface area contributed by atoms with Crippen molar-refractivity contribution >= 4 is 24.1 Å². The van der Waals surface area contributed by atoms with E-state index in [1.165, 1.54) is 7.11 Å². The van der Waals surface area contributed by atoms with Crippen LogP contribution in [0.1, 0.15) is 18.5 Å². The first kappa shape index (κ1) is 14.5. The van der Waals surface area contributed by atoms with Crippen LogP contribution in [0.15, 0.2) is 12.1 Å². The Morgan fingerprint density at radius 3 is 2.81 bits per heavy atom. The monoisotopic (exact) mass is 246 g/mol. The van der Waals surface area contributed by atoms with Crippen molar-refractivity contribution in [2.75, 3.05) is 12.8 Å². The Kier molecular flexibility index (Phi) is 6.25. The molecule has 1 aromatic rings. The summed E-state index contributed by atoms with van der Waals surface area (Å²) in [5, 5.41) is 8.49. The highest BCUT2D eigenvalue weighted by molar-refractivity contribution is 5.85. The molecule has 0 saturated heterocycles. The zero-order chi connectivity index (χ0) is 11.3. The molecule has 3 N–H and O–H groups in total. The van der Waals surface area contributed by atoms with E-state index in [9.17, 15) is 4.79 Å². The van der Waals surface area contributed by atoms with Crippen molar-refractivity contribution in [1.29, 1.82) is 0 Å². The second-order valence-electron chi connectivity index (χ2n) is 3.14. The van der Waals surface area contributed by atoms with E-state index in [4.69, 9.17) is 15.6 Å². The lowest BCUT2D eigenvalue weighted by Gasteiger charge is -2.05. The number of carboxylic acid groups (broad SMARTS) is 1. The summed E-state index contributed by atoms with van der Waals surface area (Å²) in [7, 11) is 1.53. The van der Waals surface area contributed by atoms with Crippen molar-refractivity contribution in [2.24, 2.45) is 0 Å². The van der Waals surface area contributed by atoms with Gasteiger partial charge in [-0.05, 0) is 18.9 Å². The van der Waals surface area contributed by atoms with E-state index in [-0.39, 0.29) is 18.8 Å². The van der Waals surface area contributed by atoms with Crippen LogP contribution in [0.3, 0.4) is 0 Å². The van der Waals surface area contributed by atoms with Crippen LogP contribution in [0, 0.1) is 0 Å². The Morgan fingerprint density at radius 2 is 2.25 bits per heavy atom. The van der Waals surface area contributed by atoms with E-state index in [2.05, 4.69) is 4.98 Å². The molecule has 5 nitrogen and oxygen atoms in total. The number of ether oxygens (including phenoxy) is 1. The molecule has 1 rings (SSSR count). The number of aryl methyl sites for hydroxylation is 1. The Morgan fingerprint density at radius 1 is 1.56 bits per heavy atom. The number of carboxylic acids is 1. The Labute approximate surface area is 100 Å². The molecule has 0 radical (unpaired) electrons. The van der Waals surface area contributed by atoms with Crippen molar-refractivity contribution in [2.45, 2.75) is 19.3 Å². The number of nitrogen functional groups attached to an aromatic ring is 1. The van der Waals surface area contributed by atoms with E-state index < -0.39 is 5.97 Å². The van der Waals surface area contributed by atoms with Gasteiger partial charge in [-0.3, -0.25) is 4.79 Å². The second kappa shape index (κ2) is 6.90. The fourth-order valence-corrected chi connectivity index (χ4v) is 1.21. The Bertz CT molecular complexity index is 358. The third-order valence-electron chi connectivity index (χ3n) is 2.00. The van der Waals surface area contributed by atoms with Gasteiger partial charge in [0.1, 0.15) is 0 Å². The van der Waals surface area contributed by atoms with Crippen LogP contribution in [0.5, 0.6) is 5.88 Å². The van der Waals surface area contributed by atoms with Gasteiger partial charge in [-0.2, -0.15) is 0 Å². The molecule has 6 heteroatoms. The maximum absolute atomic E-state index is 10.3. The van der Waals surface area contributed by atoms with Gasteiger partial charge in [0.15, 0.2) is 0 Å². The quantitative estimate of drug-likeness (QED) is 0.822. The minimum Gasteiger partial charge on any atom is -0.481 e. The van der Waals surface area contributed by atoms with E-state index in [1.807, 2.05) is 0 Å². The highest BCUT2D eigenvalue weighted by Gasteiger charge is 2.04. The number of carbonyl (C=O) groups is 1. The lowest BCUT2D eigenvalue weighted by Crippen LogP contribution is -2.02. The van der Waals surface area contributed by atoms with Crippen LogP contribution in [-0.4, -0.2) is 23.2 Å². The number of pyridine rings is 1. The van der Waals surface area contributed by atoms with Gasteiger partial charge in [0, 0.05) is 12.5 Å². The van der Waals surface area contributed by atoms with Gasteiger partial charge in [0.25, 0.3) is 0 Å². The third-order valence-corrected chi connectivity index (χ3v) is 2.00. The van der Waals surface area contributed by atoms with Gasteiger partial charge in [0.2, 0.25) is 5.88 Å². The molecule has 1 aromatic heterocycles. The largest absolute Gasteiger partial charge is 0.481 e. The second-order valence-corrected chi connectivity index (χ2v) is 3.14. The number of aromatic nitrogens is 1. The van der Waals surface area contributed by atoms with Crippen molar-refractivity contribution < 1.29 is 14.6 Å². The molecule has 0 amide bonds. The standard InChI is InChI=1S/C10H14N2O3.ClH/c1-15-9-6-5-7(11)8(12-9)3-2-4-10(13)14;/h5-6H,2-4,11H2,1H3,(H,13,14);1H. The Hall–Kier alpha value is -1.49. The van der Waals surface area contributed by atoms with Crippen LogP contribution in [0.25, 0.3) is 0 Å². The van der Waals surface area contributed by atoms with Crippen molar-refractivity contribution in [1.82, 2.24) is 4.98 Å². The number of nitrogens with two attached hydrogens (primary N) is 1. The van der Waals surface area contributed by atoms with Crippen molar-refractivity contribution in [3.8, 4) is 5.88 Å². The van der Waals surface area contributed by atoms with Crippen LogP contribution < -0.4 is 10.5 Å². The van der Waals surface area contributed by atoms with Gasteiger partial charge in [-0.15, -0.1) is 12.4 Å². The number of hydrogen-bond donors (Lipinski definition) is 2. The number of hydrogen-bond acceptors (Lipinski definition) is 4. The maximum atomic E-state index is 10.3. The zero-order valence-corrected chi connectivity index (χ0v) is 9.79. The van der Waals surface area contributed by atoms with E-state index in [1.54, 1.807) is 12.1 Å². The van der Waals surface area contributed by atoms with E-state index in [0.717, 1.165) is 0 Å². The highest BCUT2D eigenvalue weighted by atomic mass is 35.5. The lowest BCUT2D eigenvalue weighted by atomic mass is 10.1. The molecule has 1 heterocycles. The minimum atomic E-state index is -0.809. The molecule has 16 heavy (non-hydrogen) atoms. The third kappa shape index (κ3) is 4.35. The summed E-state index contributed by atoms with van der Waals surface area (Å²) >= 11 is 0. The number of nitrogens with zero attached hydrogens (tertiary/aromatic N) is 1. The van der Waals surface area contributed by atoms with Crippen LogP contribution in [0.2, 0.25) is 0 Å². The molecule has 0 aliphatic carbocycles. The molecule has 0 spiro atoms. The normalized spacial score (nSPS) is 9.31. The lowest BCUT2D eigenvalue weighted by molar-refractivity contribution is -0.137. The summed E-state index contributed by atoms with van der Waals surface area (Å²) in [6, 6.07) is 3.39. The van der Waals surface area contributed by atoms with Gasteiger partial charge < -0.3 is 15.6 Å². The van der Waals surface area contributed by atoms with Crippen molar-refractivity contribution in [3.63, 3.8) is 0 Å². The molecule has 0 saturated carbocycles. The summed E-state index contributed by atoms with van der Waals surface area (Å²) < 4.78 is 4.95. The fourth-order valence-electron chi connectivity index (χ4n) is 1.21. The van der Waals surface area contributed by atoms with Crippen LogP contribution >= 0.6 is 12.4 Å². The first-order valence-electron chi connectivity index (χ1n) is 4.64. The summed E-state index contributed by atoms with van der Waals surface area (Å²) in [5.74, 6) is -0.314. The summed E-state index contributed by atoms with van der Waals surface area (Å²) in [6.07, 6.45) is 1.20. The topological polar surface area (TPSA) is 85.4 Å². The van der Waals surface area contributed by atoms with Crippen LogP contribution in [-0.2, 0) is 11.2 Å². The molecular weight excluding hydrogens is 232 g/mol. The van der Waals surface area contributed by atoms with Gasteiger partial charge >= 0.3 is 5.97 Å². The molecular formula is C10H15ClN2O3. The van der Waals surface area contributed by atoms with Gasteiger partial charge in [0.05, 0.1) is 18.5 Å². The molecule has 90 valence electrons. The molecule has 0 fully saturated rings. The summed E-state index contributed by atoms with van der Waals surface area (Å²) in [5.41, 5.74) is 6.96. The van der Waals surface area contributed by atoms with Gasteiger partial charge in [-0.1, -0.05) is 0 Å². The highest BCUT2D eigenvalue weighted by Crippen LogP contribution is 2.16. The van der Waals surface area contributed by atoms with Crippen molar-refractivity contribution in [3.05, 3.63) is 17.8 Å². The number of halogens is 1. The molecule has 0 bridgehead atoms. The minimum absolute atomic E-state index is 0. The van der Waals surface area contributed by atoms with E-state index >= 15 is 0 Å². The zero-order valence-electron chi connectivity index (χ0n) is 8.97. The van der Waals surface area contributed by atoms with Crippen LogP contribution in [0.4, 0.5) is 5.69 Å². The SMILES string of the molecule is COc1ccc(N)c(CCCC(=O)O)n1.Cl. The molecule has 0 aliphatic rings. The predicted octanol–water partition coefficient (Wildman–Crippen LogP) is 1.50. The average Bonchev–Trinajstić information content (AvgIpc) is 2.20. The summed E-state index contributed by atoms with van der Waals surface area (Å²) in [6.45, 7) is 0. The Balaban J connectivity index is 0.00000225. The molecule has 0 aliphatic heterocycles. The van der Waals surface area contributed by atoms with E-state index in [0.29, 0.717) is 30.1 Å². The maximum Gasteiger partial charge on any atom is 0.303 e.